The maximum absolute atomic E-state index is 13.8. The monoisotopic (exact) mass is 640 g/mol. The highest BCUT2D eigenvalue weighted by Crippen LogP contribution is 2.39. The first-order valence-corrected chi connectivity index (χ1v) is 16.1. The lowest BCUT2D eigenvalue weighted by Gasteiger charge is -2.33. The van der Waals surface area contributed by atoms with Gasteiger partial charge >= 0.3 is 12.4 Å². The lowest BCUT2D eigenvalue weighted by Crippen LogP contribution is -2.32. The highest BCUT2D eigenvalue weighted by Gasteiger charge is 2.38. The topological polar surface area (TPSA) is 41.5 Å². The van der Waals surface area contributed by atoms with E-state index in [9.17, 15) is 26.3 Å². The van der Waals surface area contributed by atoms with Crippen LogP contribution in [0.5, 0.6) is 5.88 Å². The third-order valence-electron chi connectivity index (χ3n) is 7.98. The molecule has 44 heavy (non-hydrogen) atoms. The predicted octanol–water partition coefficient (Wildman–Crippen LogP) is 9.04. The standard InChI is InChI=1S/C32H38F6N4OS/c1-4-41(20-23-9-5-6-10-23)28-12-8-7-11-24(28)21-42(30-39-14-13-29(40-30)43-15-16-44-3)22(2)25-17-26(31(33,34)35)19-27(18-25)32(36,37)38/h7-8,11-14,17-19,22-23H,4-6,9-10,15-16,20-21H2,1-3H3. The van der Waals surface area contributed by atoms with Gasteiger partial charge in [0.05, 0.1) is 23.8 Å². The SMILES string of the molecule is CCN(CC1CCCC1)c1ccccc1CN(c1nccc(OCCSC)n1)C(C)c1cc(C(F)(F)F)cc(C(F)(F)F)c1. The second-order valence-electron chi connectivity index (χ2n) is 11.0. The molecule has 1 aliphatic carbocycles. The van der Waals surface area contributed by atoms with Crippen LogP contribution in [0.1, 0.15) is 67.8 Å². The Bertz CT molecular complexity index is 1330. The number of hydrogen-bond donors (Lipinski definition) is 0. The Balaban J connectivity index is 1.78. The summed E-state index contributed by atoms with van der Waals surface area (Å²) in [6.07, 6.45) is -1.77. The van der Waals surface area contributed by atoms with Crippen molar-refractivity contribution < 1.29 is 31.1 Å². The number of rotatable bonds is 13. The van der Waals surface area contributed by atoms with Crippen LogP contribution in [0, 0.1) is 5.92 Å². The van der Waals surface area contributed by atoms with E-state index in [0.29, 0.717) is 18.3 Å². The minimum Gasteiger partial charge on any atom is -0.477 e. The summed E-state index contributed by atoms with van der Waals surface area (Å²) in [5, 5.41) is 0. The van der Waals surface area contributed by atoms with Gasteiger partial charge in [0.25, 0.3) is 0 Å². The van der Waals surface area contributed by atoms with Crippen LogP contribution in [0.2, 0.25) is 0 Å². The van der Waals surface area contributed by atoms with Crippen molar-refractivity contribution in [2.45, 2.75) is 64.5 Å². The van der Waals surface area contributed by atoms with E-state index in [1.54, 1.807) is 29.7 Å². The molecule has 0 radical (unpaired) electrons. The predicted molar refractivity (Wildman–Crippen MR) is 163 cm³/mol. The van der Waals surface area contributed by atoms with Crippen LogP contribution in [0.3, 0.4) is 0 Å². The average molecular weight is 641 g/mol. The molecule has 4 rings (SSSR count). The maximum Gasteiger partial charge on any atom is 0.416 e. The Morgan fingerprint density at radius 1 is 0.977 bits per heavy atom. The molecular formula is C32H38F6N4OS. The van der Waals surface area contributed by atoms with Gasteiger partial charge in [0.2, 0.25) is 11.8 Å². The zero-order chi connectivity index (χ0) is 31.9. The van der Waals surface area contributed by atoms with Crippen molar-refractivity contribution in [1.82, 2.24) is 9.97 Å². The van der Waals surface area contributed by atoms with E-state index < -0.39 is 29.5 Å². The van der Waals surface area contributed by atoms with E-state index in [0.717, 1.165) is 49.3 Å². The van der Waals surface area contributed by atoms with Crippen molar-refractivity contribution in [1.29, 1.82) is 0 Å². The molecule has 1 saturated carbocycles. The quantitative estimate of drug-likeness (QED) is 0.137. The minimum atomic E-state index is -4.96. The molecule has 5 nitrogen and oxygen atoms in total. The normalized spacial score (nSPS) is 14.9. The Hall–Kier alpha value is -3.15. The van der Waals surface area contributed by atoms with Crippen molar-refractivity contribution in [3.8, 4) is 5.88 Å². The number of nitrogens with zero attached hydrogens (tertiary/aromatic N) is 4. The van der Waals surface area contributed by atoms with E-state index in [4.69, 9.17) is 4.74 Å². The van der Waals surface area contributed by atoms with Gasteiger partial charge in [0.15, 0.2) is 0 Å². The van der Waals surface area contributed by atoms with Gasteiger partial charge in [-0.25, -0.2) is 4.98 Å². The number of hydrogen-bond acceptors (Lipinski definition) is 6. The molecule has 0 spiro atoms. The van der Waals surface area contributed by atoms with Gasteiger partial charge in [-0.1, -0.05) is 31.0 Å². The fraction of sp³-hybridized carbons (Fsp3) is 0.500. The molecule has 1 heterocycles. The summed E-state index contributed by atoms with van der Waals surface area (Å²) in [5.41, 5.74) is -1.05. The summed E-state index contributed by atoms with van der Waals surface area (Å²) in [6.45, 7) is 5.79. The van der Waals surface area contributed by atoms with Gasteiger partial charge in [-0.15, -0.1) is 0 Å². The van der Waals surface area contributed by atoms with Crippen LogP contribution < -0.4 is 14.5 Å². The van der Waals surface area contributed by atoms with Crippen molar-refractivity contribution in [3.05, 3.63) is 77.0 Å². The number of thioether (sulfide) groups is 1. The molecule has 1 aliphatic rings. The first-order chi connectivity index (χ1) is 20.9. The summed E-state index contributed by atoms with van der Waals surface area (Å²) >= 11 is 1.59. The van der Waals surface area contributed by atoms with E-state index in [2.05, 4.69) is 21.8 Å². The Labute approximate surface area is 259 Å². The first-order valence-electron chi connectivity index (χ1n) is 14.7. The molecular weight excluding hydrogens is 602 g/mol. The van der Waals surface area contributed by atoms with Crippen molar-refractivity contribution >= 4 is 23.4 Å². The van der Waals surface area contributed by atoms with Crippen molar-refractivity contribution in [3.63, 3.8) is 0 Å². The Morgan fingerprint density at radius 2 is 1.64 bits per heavy atom. The molecule has 240 valence electrons. The molecule has 1 unspecified atom stereocenters. The number of anilines is 2. The highest BCUT2D eigenvalue weighted by molar-refractivity contribution is 7.98. The lowest BCUT2D eigenvalue weighted by molar-refractivity contribution is -0.143. The first kappa shape index (κ1) is 33.7. The molecule has 0 amide bonds. The number of aromatic nitrogens is 2. The summed E-state index contributed by atoms with van der Waals surface area (Å²) in [5.74, 6) is 1.69. The molecule has 0 bridgehead atoms. The van der Waals surface area contributed by atoms with E-state index in [1.165, 1.54) is 19.0 Å². The van der Waals surface area contributed by atoms with Gasteiger partial charge in [0, 0.05) is 43.3 Å². The van der Waals surface area contributed by atoms with Gasteiger partial charge in [-0.05, 0) is 74.3 Å². The van der Waals surface area contributed by atoms with E-state index in [-0.39, 0.29) is 30.0 Å². The van der Waals surface area contributed by atoms with Gasteiger partial charge in [-0.3, -0.25) is 0 Å². The lowest BCUT2D eigenvalue weighted by atomic mass is 9.98. The van der Waals surface area contributed by atoms with Gasteiger partial charge < -0.3 is 14.5 Å². The largest absolute Gasteiger partial charge is 0.477 e. The second kappa shape index (κ2) is 14.8. The fourth-order valence-electron chi connectivity index (χ4n) is 5.60. The number of para-hydroxylation sites is 1. The molecule has 1 atom stereocenters. The smallest absolute Gasteiger partial charge is 0.416 e. The molecule has 12 heteroatoms. The van der Waals surface area contributed by atoms with Crippen LogP contribution in [0.4, 0.5) is 38.0 Å². The van der Waals surface area contributed by atoms with Crippen LogP contribution in [0.15, 0.2) is 54.7 Å². The van der Waals surface area contributed by atoms with Crippen molar-refractivity contribution in [2.75, 3.05) is 41.5 Å². The molecule has 0 N–H and O–H groups in total. The summed E-state index contributed by atoms with van der Waals surface area (Å²) in [4.78, 5) is 12.9. The molecule has 3 aromatic rings. The highest BCUT2D eigenvalue weighted by atomic mass is 32.2. The second-order valence-corrected chi connectivity index (χ2v) is 12.0. The summed E-state index contributed by atoms with van der Waals surface area (Å²) in [6, 6.07) is 10.1. The zero-order valence-corrected chi connectivity index (χ0v) is 25.9. The van der Waals surface area contributed by atoms with Crippen LogP contribution in [0.25, 0.3) is 0 Å². The zero-order valence-electron chi connectivity index (χ0n) is 25.1. The van der Waals surface area contributed by atoms with E-state index >= 15 is 0 Å². The van der Waals surface area contributed by atoms with Crippen LogP contribution in [-0.2, 0) is 18.9 Å². The van der Waals surface area contributed by atoms with Gasteiger partial charge in [0.1, 0.15) is 0 Å². The Kier molecular flexibility index (Phi) is 11.3. The van der Waals surface area contributed by atoms with Crippen molar-refractivity contribution in [2.24, 2.45) is 5.92 Å². The third kappa shape index (κ3) is 8.73. The molecule has 0 aliphatic heterocycles. The van der Waals surface area contributed by atoms with Crippen LogP contribution in [-0.4, -0.2) is 41.7 Å². The van der Waals surface area contributed by atoms with Gasteiger partial charge in [-0.2, -0.15) is 43.1 Å². The van der Waals surface area contributed by atoms with E-state index in [1.807, 2.05) is 30.5 Å². The number of benzene rings is 2. The fourth-order valence-corrected chi connectivity index (χ4v) is 5.85. The molecule has 0 saturated heterocycles. The summed E-state index contributed by atoms with van der Waals surface area (Å²) < 4.78 is 88.5. The average Bonchev–Trinajstić information content (AvgIpc) is 3.51. The minimum absolute atomic E-state index is 0.138. The summed E-state index contributed by atoms with van der Waals surface area (Å²) in [7, 11) is 0. The number of halogens is 6. The Morgan fingerprint density at radius 3 is 2.25 bits per heavy atom. The molecule has 1 fully saturated rings. The maximum atomic E-state index is 13.8. The molecule has 2 aromatic carbocycles. The number of ether oxygens (including phenoxy) is 1. The third-order valence-corrected chi connectivity index (χ3v) is 8.55. The van der Waals surface area contributed by atoms with Crippen LogP contribution >= 0.6 is 11.8 Å². The number of alkyl halides is 6. The molecule has 1 aromatic heterocycles.